The van der Waals surface area contributed by atoms with E-state index in [1.165, 1.54) is 0 Å². The van der Waals surface area contributed by atoms with Crippen LogP contribution in [0.5, 0.6) is 0 Å². The van der Waals surface area contributed by atoms with E-state index in [1.807, 2.05) is 0 Å². The van der Waals surface area contributed by atoms with Crippen LogP contribution in [0.2, 0.25) is 0 Å². The Bertz CT molecular complexity index is 479. The fourth-order valence-electron chi connectivity index (χ4n) is 2.53. The zero-order valence-corrected chi connectivity index (χ0v) is 15.6. The summed E-state index contributed by atoms with van der Waals surface area (Å²) < 4.78 is 7.11. The third-order valence-electron chi connectivity index (χ3n) is 3.60. The quantitative estimate of drug-likeness (QED) is 0.718. The van der Waals surface area contributed by atoms with E-state index in [-0.39, 0.29) is 6.10 Å². The number of anilines is 1. The van der Waals surface area contributed by atoms with Gasteiger partial charge in [0, 0.05) is 6.54 Å². The van der Waals surface area contributed by atoms with Gasteiger partial charge in [-0.15, -0.1) is 0 Å². The largest absolute Gasteiger partial charge is 0.369 e. The first-order valence-corrected chi connectivity index (χ1v) is 9.04. The van der Waals surface area contributed by atoms with Gasteiger partial charge in [0.05, 0.1) is 15.4 Å². The molecule has 5 heteroatoms. The van der Waals surface area contributed by atoms with Crippen LogP contribution in [0.15, 0.2) is 0 Å². The van der Waals surface area contributed by atoms with E-state index in [1.54, 1.807) is 0 Å². The maximum Gasteiger partial charge on any atom is 0.159 e. The van der Waals surface area contributed by atoms with Crippen molar-refractivity contribution < 1.29 is 4.74 Å². The molecule has 1 N–H and O–H groups in total. The third-order valence-corrected chi connectivity index (χ3v) is 4.73. The van der Waals surface area contributed by atoms with E-state index >= 15 is 0 Å². The van der Waals surface area contributed by atoms with E-state index < -0.39 is 0 Å². The van der Waals surface area contributed by atoms with Crippen molar-refractivity contribution in [2.45, 2.75) is 65.6 Å². The molecule has 0 spiro atoms. The van der Waals surface area contributed by atoms with Gasteiger partial charge in [-0.2, -0.15) is 0 Å². The van der Waals surface area contributed by atoms with Crippen molar-refractivity contribution in [2.24, 2.45) is 5.92 Å². The maximum absolute atomic E-state index is 5.95. The molecular formula is C16H26IN3O. The minimum atomic E-state index is 0.0603. The number of aromatic nitrogens is 2. The lowest BCUT2D eigenvalue weighted by atomic mass is 10.1. The molecule has 0 bridgehead atoms. The molecule has 1 fully saturated rings. The molecule has 1 aromatic heterocycles. The van der Waals surface area contributed by atoms with Crippen LogP contribution >= 0.6 is 22.6 Å². The van der Waals surface area contributed by atoms with Crippen molar-refractivity contribution in [2.75, 3.05) is 11.9 Å². The standard InChI is InChI=1S/C16H26IN3O/c1-5-8-18-16-14(17)12(9-10(2)3)19-15(20-16)13-7-6-11(4)21-13/h10-11,13H,5-9H2,1-4H3,(H,18,19,20). The molecule has 118 valence electrons. The topological polar surface area (TPSA) is 47.0 Å². The summed E-state index contributed by atoms with van der Waals surface area (Å²) in [5.74, 6) is 2.42. The Hall–Kier alpha value is -0.430. The molecule has 0 aromatic carbocycles. The number of nitrogens with one attached hydrogen (secondary N) is 1. The van der Waals surface area contributed by atoms with Gasteiger partial charge in [0.1, 0.15) is 11.9 Å². The van der Waals surface area contributed by atoms with Crippen molar-refractivity contribution >= 4 is 28.4 Å². The highest BCUT2D eigenvalue weighted by atomic mass is 127. The van der Waals surface area contributed by atoms with E-state index in [0.29, 0.717) is 12.0 Å². The van der Waals surface area contributed by atoms with Gasteiger partial charge >= 0.3 is 0 Å². The van der Waals surface area contributed by atoms with E-state index in [4.69, 9.17) is 14.7 Å². The summed E-state index contributed by atoms with van der Waals surface area (Å²) in [6.07, 6.45) is 4.57. The molecule has 4 nitrogen and oxygen atoms in total. The van der Waals surface area contributed by atoms with Gasteiger partial charge in [0.15, 0.2) is 5.82 Å². The van der Waals surface area contributed by atoms with Crippen LogP contribution in [0.1, 0.15) is 64.6 Å². The van der Waals surface area contributed by atoms with Crippen LogP contribution in [-0.4, -0.2) is 22.6 Å². The van der Waals surface area contributed by atoms with Gasteiger partial charge < -0.3 is 10.1 Å². The summed E-state index contributed by atoms with van der Waals surface area (Å²) in [6, 6.07) is 0. The molecule has 2 unspecified atom stereocenters. The van der Waals surface area contributed by atoms with Crippen LogP contribution in [0.4, 0.5) is 5.82 Å². The molecule has 1 aliphatic rings. The Balaban J connectivity index is 2.30. The second-order valence-corrected chi connectivity index (χ2v) is 7.31. The average molecular weight is 403 g/mol. The van der Waals surface area contributed by atoms with Gasteiger partial charge in [0.2, 0.25) is 0 Å². The zero-order chi connectivity index (χ0) is 15.4. The second kappa shape index (κ2) is 7.72. The number of ether oxygens (including phenoxy) is 1. The summed E-state index contributed by atoms with van der Waals surface area (Å²) in [7, 11) is 0. The molecule has 0 radical (unpaired) electrons. The molecule has 1 aliphatic heterocycles. The van der Waals surface area contributed by atoms with Crippen LogP contribution < -0.4 is 5.32 Å². The molecule has 0 amide bonds. The second-order valence-electron chi connectivity index (χ2n) is 6.23. The van der Waals surface area contributed by atoms with E-state index in [2.05, 4.69) is 55.6 Å². The van der Waals surface area contributed by atoms with Crippen LogP contribution in [0, 0.1) is 9.49 Å². The molecular weight excluding hydrogens is 377 g/mol. The van der Waals surface area contributed by atoms with Crippen molar-refractivity contribution in [3.05, 3.63) is 15.1 Å². The fourth-order valence-corrected chi connectivity index (χ4v) is 3.18. The van der Waals surface area contributed by atoms with Gasteiger partial charge in [-0.3, -0.25) is 0 Å². The number of nitrogens with zero attached hydrogens (tertiary/aromatic N) is 2. The van der Waals surface area contributed by atoms with Gasteiger partial charge in [-0.05, 0) is 61.1 Å². The first-order valence-electron chi connectivity index (χ1n) is 7.96. The minimum Gasteiger partial charge on any atom is -0.369 e. The summed E-state index contributed by atoms with van der Waals surface area (Å²) >= 11 is 2.37. The molecule has 1 saturated heterocycles. The lowest BCUT2D eigenvalue weighted by molar-refractivity contribution is 0.0502. The van der Waals surface area contributed by atoms with Crippen molar-refractivity contribution in [1.82, 2.24) is 9.97 Å². The van der Waals surface area contributed by atoms with E-state index in [0.717, 1.165) is 53.1 Å². The molecule has 2 heterocycles. The summed E-state index contributed by atoms with van der Waals surface area (Å²) in [6.45, 7) is 9.68. The lowest BCUT2D eigenvalue weighted by Gasteiger charge is -2.17. The predicted molar refractivity (Wildman–Crippen MR) is 94.6 cm³/mol. The Morgan fingerprint density at radius 3 is 2.67 bits per heavy atom. The molecule has 2 rings (SSSR count). The predicted octanol–water partition coefficient (Wildman–Crippen LogP) is 4.34. The van der Waals surface area contributed by atoms with Crippen LogP contribution in [-0.2, 0) is 11.2 Å². The first-order chi connectivity index (χ1) is 10.0. The zero-order valence-electron chi connectivity index (χ0n) is 13.4. The summed E-state index contributed by atoms with van der Waals surface area (Å²) in [5.41, 5.74) is 1.15. The smallest absolute Gasteiger partial charge is 0.159 e. The monoisotopic (exact) mass is 403 g/mol. The first kappa shape index (κ1) is 16.9. The molecule has 1 aromatic rings. The average Bonchev–Trinajstić information content (AvgIpc) is 2.86. The Morgan fingerprint density at radius 1 is 1.33 bits per heavy atom. The van der Waals surface area contributed by atoms with Crippen molar-refractivity contribution in [3.63, 3.8) is 0 Å². The molecule has 21 heavy (non-hydrogen) atoms. The lowest BCUT2D eigenvalue weighted by Crippen LogP contribution is -2.14. The fraction of sp³-hybridized carbons (Fsp3) is 0.750. The normalized spacial score (nSPS) is 22.0. The highest BCUT2D eigenvalue weighted by Crippen LogP contribution is 2.32. The molecule has 0 aliphatic carbocycles. The van der Waals surface area contributed by atoms with Crippen LogP contribution in [0.3, 0.4) is 0 Å². The Labute approximate surface area is 141 Å². The van der Waals surface area contributed by atoms with Gasteiger partial charge in [-0.25, -0.2) is 9.97 Å². The SMILES string of the molecule is CCCNc1nc(C2CCC(C)O2)nc(CC(C)C)c1I. The Kier molecular flexibility index (Phi) is 6.22. The summed E-state index contributed by atoms with van der Waals surface area (Å²) in [4.78, 5) is 9.55. The number of hydrogen-bond donors (Lipinski definition) is 1. The van der Waals surface area contributed by atoms with Crippen molar-refractivity contribution in [3.8, 4) is 0 Å². The number of rotatable bonds is 6. The molecule has 2 atom stereocenters. The maximum atomic E-state index is 5.95. The minimum absolute atomic E-state index is 0.0603. The van der Waals surface area contributed by atoms with Gasteiger partial charge in [0.25, 0.3) is 0 Å². The third kappa shape index (κ3) is 4.52. The van der Waals surface area contributed by atoms with Gasteiger partial charge in [-0.1, -0.05) is 20.8 Å². The van der Waals surface area contributed by atoms with E-state index in [9.17, 15) is 0 Å². The number of halogens is 1. The van der Waals surface area contributed by atoms with Crippen molar-refractivity contribution in [1.29, 1.82) is 0 Å². The summed E-state index contributed by atoms with van der Waals surface area (Å²) in [5, 5.41) is 3.44. The van der Waals surface area contributed by atoms with Crippen LogP contribution in [0.25, 0.3) is 0 Å². The number of hydrogen-bond acceptors (Lipinski definition) is 4. The highest BCUT2D eigenvalue weighted by Gasteiger charge is 2.27. The highest BCUT2D eigenvalue weighted by molar-refractivity contribution is 14.1. The molecule has 0 saturated carbocycles. The Morgan fingerprint density at radius 2 is 2.10 bits per heavy atom.